The maximum Gasteiger partial charge on any atom is 0.0326 e. The van der Waals surface area contributed by atoms with E-state index in [0.717, 1.165) is 12.8 Å². The number of rotatable bonds is 18. The Bertz CT molecular complexity index is 815. The van der Waals surface area contributed by atoms with Crippen LogP contribution in [0.1, 0.15) is 133 Å². The van der Waals surface area contributed by atoms with Crippen LogP contribution in [-0.2, 0) is 0 Å². The predicted molar refractivity (Wildman–Crippen MR) is 176 cm³/mol. The van der Waals surface area contributed by atoms with Gasteiger partial charge in [0.1, 0.15) is 0 Å². The summed E-state index contributed by atoms with van der Waals surface area (Å²) in [4.78, 5) is 0. The molecule has 0 saturated heterocycles. The van der Waals surface area contributed by atoms with Gasteiger partial charge in [0.2, 0.25) is 0 Å². The van der Waals surface area contributed by atoms with Crippen molar-refractivity contribution in [2.24, 2.45) is 0 Å². The molecule has 0 aliphatic rings. The van der Waals surface area contributed by atoms with Crippen molar-refractivity contribution in [1.29, 1.82) is 0 Å². The molecule has 0 aliphatic heterocycles. The lowest BCUT2D eigenvalue weighted by Gasteiger charge is -2.06. The summed E-state index contributed by atoms with van der Waals surface area (Å²) in [5, 5.41) is 0. The summed E-state index contributed by atoms with van der Waals surface area (Å²) in [6, 6.07) is 0. The largest absolute Gasteiger partial charge is 0.0856 e. The maximum atomic E-state index is 2.60. The third kappa shape index (κ3) is 23.3. The first-order valence-electron chi connectivity index (χ1n) is 14.2. The van der Waals surface area contributed by atoms with Gasteiger partial charge in [-0.2, -0.15) is 0 Å². The molecule has 0 heterocycles. The highest BCUT2D eigenvalue weighted by molar-refractivity contribution is 14.1. The smallest absolute Gasteiger partial charge is 0.0326 e. The number of allylic oxidation sites excluding steroid dienone is 14. The Labute approximate surface area is 240 Å². The molecule has 0 rings (SSSR count). The highest BCUT2D eigenvalue weighted by atomic mass is 127. The molecule has 1 heteroatoms. The van der Waals surface area contributed by atoms with Crippen molar-refractivity contribution in [2.45, 2.75) is 137 Å². The average molecular weight is 605 g/mol. The standard InChI is InChI=1S/C35H57I/c1-28(2)15-10-17-30(5)19-12-20-32(7)22-14-24-34(9)27-35(36)26-25-33(8)23-13-21-31(6)18-11-16-29(3)4/h15-16,19,21-22,25,27,35H,10-14,17-18,20,23-24,26H2,1-9H3/b30-19+,31-21?,32-22+,33-25?,34-27+. The van der Waals surface area contributed by atoms with Gasteiger partial charge >= 0.3 is 0 Å². The van der Waals surface area contributed by atoms with Gasteiger partial charge in [0.05, 0.1) is 0 Å². The van der Waals surface area contributed by atoms with E-state index in [1.54, 1.807) is 0 Å². The Hall–Kier alpha value is -1.09. The van der Waals surface area contributed by atoms with Gasteiger partial charge in [-0.3, -0.25) is 0 Å². The Kier molecular flexibility index (Phi) is 21.3. The van der Waals surface area contributed by atoms with Gasteiger partial charge in [-0.15, -0.1) is 0 Å². The lowest BCUT2D eigenvalue weighted by atomic mass is 10.0. The topological polar surface area (TPSA) is 0 Å². The monoisotopic (exact) mass is 604 g/mol. The van der Waals surface area contributed by atoms with Crippen LogP contribution in [0.25, 0.3) is 0 Å². The first kappa shape index (κ1) is 34.9. The summed E-state index contributed by atoms with van der Waals surface area (Å²) < 4.78 is 0.587. The summed E-state index contributed by atoms with van der Waals surface area (Å²) >= 11 is 2.60. The minimum absolute atomic E-state index is 0.587. The van der Waals surface area contributed by atoms with Crippen molar-refractivity contribution in [3.8, 4) is 0 Å². The van der Waals surface area contributed by atoms with E-state index >= 15 is 0 Å². The summed E-state index contributed by atoms with van der Waals surface area (Å²) in [5.41, 5.74) is 10.5. The number of alkyl halides is 1. The van der Waals surface area contributed by atoms with Gasteiger partial charge in [-0.1, -0.05) is 104 Å². The van der Waals surface area contributed by atoms with Crippen LogP contribution < -0.4 is 0 Å². The fraction of sp³-hybridized carbons (Fsp3) is 0.600. The summed E-state index contributed by atoms with van der Waals surface area (Å²) in [6.45, 7) is 20.1. The first-order chi connectivity index (χ1) is 17.0. The molecule has 0 saturated carbocycles. The van der Waals surface area contributed by atoms with Crippen molar-refractivity contribution in [3.05, 3.63) is 81.5 Å². The Morgan fingerprint density at radius 2 is 0.750 bits per heavy atom. The minimum atomic E-state index is 0.587. The molecule has 0 aromatic heterocycles. The number of halogens is 1. The van der Waals surface area contributed by atoms with Crippen LogP contribution in [-0.4, -0.2) is 3.92 Å². The summed E-state index contributed by atoms with van der Waals surface area (Å²) in [5.74, 6) is 0. The lowest BCUT2D eigenvalue weighted by molar-refractivity contribution is 0.895. The molecule has 0 radical (unpaired) electrons. The zero-order chi connectivity index (χ0) is 27.3. The maximum absolute atomic E-state index is 2.60. The molecular weight excluding hydrogens is 547 g/mol. The van der Waals surface area contributed by atoms with E-state index in [0.29, 0.717) is 3.92 Å². The van der Waals surface area contributed by atoms with Crippen molar-refractivity contribution < 1.29 is 0 Å². The quantitative estimate of drug-likeness (QED) is 0.0829. The van der Waals surface area contributed by atoms with E-state index < -0.39 is 0 Å². The van der Waals surface area contributed by atoms with Gasteiger partial charge in [0.15, 0.2) is 0 Å². The molecule has 0 aromatic carbocycles. The van der Waals surface area contributed by atoms with E-state index in [9.17, 15) is 0 Å². The normalized spacial score (nSPS) is 14.7. The zero-order valence-corrected chi connectivity index (χ0v) is 27.4. The molecule has 1 atom stereocenters. The second-order valence-corrected chi connectivity index (χ2v) is 12.8. The average Bonchev–Trinajstić information content (AvgIpc) is 2.77. The fourth-order valence-electron chi connectivity index (χ4n) is 4.00. The van der Waals surface area contributed by atoms with Gasteiger partial charge in [0.25, 0.3) is 0 Å². The van der Waals surface area contributed by atoms with Crippen LogP contribution >= 0.6 is 22.6 Å². The molecule has 0 bridgehead atoms. The number of hydrogen-bond acceptors (Lipinski definition) is 0. The predicted octanol–water partition coefficient (Wildman–Crippen LogP) is 12.7. The molecule has 0 amide bonds. The van der Waals surface area contributed by atoms with Crippen molar-refractivity contribution >= 4 is 22.6 Å². The van der Waals surface area contributed by atoms with Crippen molar-refractivity contribution in [3.63, 3.8) is 0 Å². The van der Waals surface area contributed by atoms with Crippen LogP contribution in [0.2, 0.25) is 0 Å². The van der Waals surface area contributed by atoms with E-state index in [2.05, 4.69) is 127 Å². The van der Waals surface area contributed by atoms with Crippen LogP contribution in [0.4, 0.5) is 0 Å². The van der Waals surface area contributed by atoms with Crippen LogP contribution in [0.15, 0.2) is 81.5 Å². The van der Waals surface area contributed by atoms with E-state index in [1.807, 2.05) is 0 Å². The Morgan fingerprint density at radius 1 is 0.444 bits per heavy atom. The molecule has 1 unspecified atom stereocenters. The third-order valence-corrected chi connectivity index (χ3v) is 7.30. The van der Waals surface area contributed by atoms with Gasteiger partial charge in [-0.05, 0) is 133 Å². The van der Waals surface area contributed by atoms with Crippen molar-refractivity contribution in [1.82, 2.24) is 0 Å². The highest BCUT2D eigenvalue weighted by Gasteiger charge is 2.00. The minimum Gasteiger partial charge on any atom is -0.0856 e. The fourth-order valence-corrected chi connectivity index (χ4v) is 4.87. The first-order valence-corrected chi connectivity index (χ1v) is 15.4. The Balaban J connectivity index is 4.28. The SMILES string of the molecule is CC(C)=CCCC(C)=CCCC(C)=CCC(I)/C=C(\C)CC/C=C(\C)CC/C=C(\C)CCC=C(C)C. The van der Waals surface area contributed by atoms with Crippen LogP contribution in [0.5, 0.6) is 0 Å². The molecule has 0 N–H and O–H groups in total. The van der Waals surface area contributed by atoms with Gasteiger partial charge in [-0.25, -0.2) is 0 Å². The summed E-state index contributed by atoms with van der Waals surface area (Å²) in [7, 11) is 0. The number of hydrogen-bond donors (Lipinski definition) is 0. The Morgan fingerprint density at radius 3 is 1.11 bits per heavy atom. The van der Waals surface area contributed by atoms with Gasteiger partial charge < -0.3 is 0 Å². The second-order valence-electron chi connectivity index (χ2n) is 11.2. The molecule has 0 fully saturated rings. The highest BCUT2D eigenvalue weighted by Crippen LogP contribution is 2.18. The zero-order valence-electron chi connectivity index (χ0n) is 25.3. The molecule has 0 spiro atoms. The molecule has 204 valence electrons. The van der Waals surface area contributed by atoms with E-state index in [1.165, 1.54) is 96.8 Å². The van der Waals surface area contributed by atoms with Gasteiger partial charge in [0, 0.05) is 3.92 Å². The van der Waals surface area contributed by atoms with Crippen LogP contribution in [0.3, 0.4) is 0 Å². The van der Waals surface area contributed by atoms with E-state index in [-0.39, 0.29) is 0 Å². The lowest BCUT2D eigenvalue weighted by Crippen LogP contribution is -1.93. The third-order valence-electron chi connectivity index (χ3n) is 6.43. The second kappa shape index (κ2) is 21.9. The van der Waals surface area contributed by atoms with Crippen LogP contribution in [0, 0.1) is 0 Å². The molecule has 0 aromatic rings. The molecule has 0 nitrogen and oxygen atoms in total. The molecule has 0 aliphatic carbocycles. The molecular formula is C35H57I. The van der Waals surface area contributed by atoms with Crippen molar-refractivity contribution in [2.75, 3.05) is 0 Å². The van der Waals surface area contributed by atoms with E-state index in [4.69, 9.17) is 0 Å². The molecule has 36 heavy (non-hydrogen) atoms. The summed E-state index contributed by atoms with van der Waals surface area (Å²) in [6.07, 6.45) is 29.8.